The Kier molecular flexibility index (Phi) is 7.53. The van der Waals surface area contributed by atoms with Crippen molar-refractivity contribution in [2.45, 2.75) is 18.6 Å². The number of halogens is 3. The number of nitrogens with one attached hydrogen (secondary N) is 1. The number of carbonyl (C=O) groups excluding carboxylic acids is 1. The third-order valence-corrected chi connectivity index (χ3v) is 4.77. The minimum Gasteiger partial charge on any atom is -0.355 e. The van der Waals surface area contributed by atoms with E-state index in [-0.39, 0.29) is 17.5 Å². The summed E-state index contributed by atoms with van der Waals surface area (Å²) in [6, 6.07) is 10.8. The van der Waals surface area contributed by atoms with E-state index < -0.39 is 0 Å². The Bertz CT molecular complexity index is 659. The highest BCUT2D eigenvalue weighted by atomic mass is 35.5. The molecule has 0 aliphatic rings. The van der Waals surface area contributed by atoms with Crippen molar-refractivity contribution in [3.63, 3.8) is 0 Å². The molecule has 2 nitrogen and oxygen atoms in total. The van der Waals surface area contributed by atoms with Crippen LogP contribution in [0.5, 0.6) is 0 Å². The monoisotopic (exact) mass is 369 g/mol. The summed E-state index contributed by atoms with van der Waals surface area (Å²) in [5.41, 5.74) is 1.42. The standard InChI is InChI=1S/C18H18ClF2NOS/c19-16-2-1-3-17(21)15(16)12-24-11-10-22-18(23)9-6-13-4-7-14(20)8-5-13/h1-5,7-8H,6,9-12H2,(H,22,23). The molecule has 0 saturated carbocycles. The molecule has 2 aromatic carbocycles. The largest absolute Gasteiger partial charge is 0.355 e. The summed E-state index contributed by atoms with van der Waals surface area (Å²) in [6.07, 6.45) is 0.930. The van der Waals surface area contributed by atoms with Crippen molar-refractivity contribution in [3.8, 4) is 0 Å². The summed E-state index contributed by atoms with van der Waals surface area (Å²) >= 11 is 7.47. The third kappa shape index (κ3) is 6.13. The van der Waals surface area contributed by atoms with Crippen LogP contribution < -0.4 is 5.32 Å². The molecular weight excluding hydrogens is 352 g/mol. The first-order valence-electron chi connectivity index (χ1n) is 7.58. The van der Waals surface area contributed by atoms with E-state index in [1.54, 1.807) is 24.3 Å². The molecule has 0 aliphatic carbocycles. The summed E-state index contributed by atoms with van der Waals surface area (Å²) < 4.78 is 26.4. The fourth-order valence-electron chi connectivity index (χ4n) is 2.10. The number of hydrogen-bond donors (Lipinski definition) is 1. The van der Waals surface area contributed by atoms with E-state index in [0.29, 0.717) is 41.5 Å². The highest BCUT2D eigenvalue weighted by molar-refractivity contribution is 7.98. The van der Waals surface area contributed by atoms with Crippen LogP contribution in [0.3, 0.4) is 0 Å². The Morgan fingerprint density at radius 2 is 1.88 bits per heavy atom. The highest BCUT2D eigenvalue weighted by Gasteiger charge is 2.07. The number of carbonyl (C=O) groups is 1. The summed E-state index contributed by atoms with van der Waals surface area (Å²) in [6.45, 7) is 0.513. The van der Waals surface area contributed by atoms with Gasteiger partial charge in [-0.1, -0.05) is 29.8 Å². The minimum atomic E-state index is -0.307. The SMILES string of the molecule is O=C(CCc1ccc(F)cc1)NCCSCc1c(F)cccc1Cl. The lowest BCUT2D eigenvalue weighted by atomic mass is 10.1. The lowest BCUT2D eigenvalue weighted by molar-refractivity contribution is -0.120. The van der Waals surface area contributed by atoms with E-state index in [1.165, 1.54) is 30.0 Å². The average molecular weight is 370 g/mol. The Morgan fingerprint density at radius 1 is 1.12 bits per heavy atom. The number of thioether (sulfide) groups is 1. The zero-order chi connectivity index (χ0) is 17.4. The molecule has 0 aliphatic heterocycles. The maximum absolute atomic E-state index is 13.6. The van der Waals surface area contributed by atoms with Gasteiger partial charge >= 0.3 is 0 Å². The van der Waals surface area contributed by atoms with E-state index in [0.717, 1.165) is 5.56 Å². The van der Waals surface area contributed by atoms with Gasteiger partial charge in [-0.3, -0.25) is 4.79 Å². The fraction of sp³-hybridized carbons (Fsp3) is 0.278. The van der Waals surface area contributed by atoms with Gasteiger partial charge in [0.2, 0.25) is 5.91 Å². The molecule has 24 heavy (non-hydrogen) atoms. The second-order valence-electron chi connectivity index (χ2n) is 5.23. The van der Waals surface area contributed by atoms with Crippen LogP contribution in [-0.4, -0.2) is 18.2 Å². The van der Waals surface area contributed by atoms with Crippen molar-refractivity contribution in [3.05, 3.63) is 70.2 Å². The van der Waals surface area contributed by atoms with Gasteiger partial charge in [0.25, 0.3) is 0 Å². The van der Waals surface area contributed by atoms with Crippen molar-refractivity contribution in [2.24, 2.45) is 0 Å². The van der Waals surface area contributed by atoms with E-state index in [1.807, 2.05) is 0 Å². The number of hydrogen-bond acceptors (Lipinski definition) is 2. The molecule has 0 aromatic heterocycles. The third-order valence-electron chi connectivity index (χ3n) is 3.43. The Balaban J connectivity index is 1.62. The average Bonchev–Trinajstić information content (AvgIpc) is 2.56. The Labute approximate surface area is 149 Å². The van der Waals surface area contributed by atoms with Crippen LogP contribution in [-0.2, 0) is 17.0 Å². The van der Waals surface area contributed by atoms with Gasteiger partial charge in [0, 0.05) is 35.1 Å². The fourth-order valence-corrected chi connectivity index (χ4v) is 3.30. The van der Waals surface area contributed by atoms with Gasteiger partial charge < -0.3 is 5.32 Å². The molecule has 0 saturated heterocycles. The molecule has 0 heterocycles. The van der Waals surface area contributed by atoms with Gasteiger partial charge in [0.15, 0.2) is 0 Å². The molecule has 6 heteroatoms. The predicted octanol–water partition coefficient (Wildman–Crippen LogP) is 4.60. The molecule has 128 valence electrons. The minimum absolute atomic E-state index is 0.0520. The van der Waals surface area contributed by atoms with E-state index in [4.69, 9.17) is 11.6 Å². The number of aryl methyl sites for hydroxylation is 1. The van der Waals surface area contributed by atoms with Crippen molar-refractivity contribution >= 4 is 29.3 Å². The smallest absolute Gasteiger partial charge is 0.220 e. The van der Waals surface area contributed by atoms with Crippen LogP contribution in [0.4, 0.5) is 8.78 Å². The first kappa shape index (κ1) is 18.7. The summed E-state index contributed by atoms with van der Waals surface area (Å²) in [5, 5.41) is 3.24. The molecule has 0 unspecified atom stereocenters. The second-order valence-corrected chi connectivity index (χ2v) is 6.74. The molecule has 2 rings (SSSR count). The van der Waals surface area contributed by atoms with Gasteiger partial charge in [-0.2, -0.15) is 11.8 Å². The topological polar surface area (TPSA) is 29.1 Å². The highest BCUT2D eigenvalue weighted by Crippen LogP contribution is 2.23. The first-order chi connectivity index (χ1) is 11.6. The second kappa shape index (κ2) is 9.64. The molecule has 0 fully saturated rings. The zero-order valence-electron chi connectivity index (χ0n) is 13.0. The maximum Gasteiger partial charge on any atom is 0.220 e. The molecular formula is C18H18ClF2NOS. The van der Waals surface area contributed by atoms with Crippen molar-refractivity contribution in [1.29, 1.82) is 0 Å². The van der Waals surface area contributed by atoms with Crippen LogP contribution in [0.1, 0.15) is 17.5 Å². The van der Waals surface area contributed by atoms with Crippen molar-refractivity contribution in [2.75, 3.05) is 12.3 Å². The van der Waals surface area contributed by atoms with Gasteiger partial charge in [0.05, 0.1) is 0 Å². The normalized spacial score (nSPS) is 10.6. The molecule has 0 spiro atoms. The zero-order valence-corrected chi connectivity index (χ0v) is 14.6. The van der Waals surface area contributed by atoms with Crippen LogP contribution in [0.2, 0.25) is 5.02 Å². The van der Waals surface area contributed by atoms with E-state index in [9.17, 15) is 13.6 Å². The predicted molar refractivity (Wildman–Crippen MR) is 95.3 cm³/mol. The van der Waals surface area contributed by atoms with Crippen LogP contribution >= 0.6 is 23.4 Å². The molecule has 0 bridgehead atoms. The quantitative estimate of drug-likeness (QED) is 0.689. The van der Waals surface area contributed by atoms with Crippen molar-refractivity contribution < 1.29 is 13.6 Å². The molecule has 0 atom stereocenters. The van der Waals surface area contributed by atoms with Crippen LogP contribution in [0.15, 0.2) is 42.5 Å². The molecule has 2 aromatic rings. The number of benzene rings is 2. The first-order valence-corrected chi connectivity index (χ1v) is 9.11. The summed E-state index contributed by atoms with van der Waals surface area (Å²) in [7, 11) is 0. The lowest BCUT2D eigenvalue weighted by Crippen LogP contribution is -2.25. The Morgan fingerprint density at radius 3 is 2.58 bits per heavy atom. The molecule has 0 radical (unpaired) electrons. The van der Waals surface area contributed by atoms with E-state index >= 15 is 0 Å². The van der Waals surface area contributed by atoms with Gasteiger partial charge in [-0.15, -0.1) is 0 Å². The molecule has 1 N–H and O–H groups in total. The van der Waals surface area contributed by atoms with Gasteiger partial charge in [-0.05, 0) is 36.2 Å². The summed E-state index contributed by atoms with van der Waals surface area (Å²) in [4.78, 5) is 11.7. The van der Waals surface area contributed by atoms with Gasteiger partial charge in [0.1, 0.15) is 11.6 Å². The van der Waals surface area contributed by atoms with Gasteiger partial charge in [-0.25, -0.2) is 8.78 Å². The maximum atomic E-state index is 13.6. The summed E-state index contributed by atoms with van der Waals surface area (Å²) in [5.74, 6) is 0.501. The Hall–Kier alpha value is -1.59. The van der Waals surface area contributed by atoms with Crippen molar-refractivity contribution in [1.82, 2.24) is 5.32 Å². The van der Waals surface area contributed by atoms with E-state index in [2.05, 4.69) is 5.32 Å². The number of amides is 1. The molecule has 1 amide bonds. The van der Waals surface area contributed by atoms with Crippen LogP contribution in [0.25, 0.3) is 0 Å². The van der Waals surface area contributed by atoms with Crippen LogP contribution in [0, 0.1) is 11.6 Å². The lowest BCUT2D eigenvalue weighted by Gasteiger charge is -2.07. The number of rotatable bonds is 8.